The van der Waals surface area contributed by atoms with Crippen LogP contribution in [-0.4, -0.2) is 35.5 Å². The Morgan fingerprint density at radius 3 is 2.59 bits per heavy atom. The van der Waals surface area contributed by atoms with Crippen LogP contribution >= 0.6 is 11.6 Å². The Kier molecular flexibility index (Phi) is 6.12. The van der Waals surface area contributed by atoms with Crippen LogP contribution in [0.2, 0.25) is 5.02 Å². The number of halogens is 1. The molecule has 0 aromatic heterocycles. The van der Waals surface area contributed by atoms with Gasteiger partial charge < -0.3 is 10.2 Å². The molecule has 1 N–H and O–H groups in total. The zero-order chi connectivity index (χ0) is 19.3. The summed E-state index contributed by atoms with van der Waals surface area (Å²) in [6.45, 7) is 1.54. The first kappa shape index (κ1) is 19.4. The van der Waals surface area contributed by atoms with Crippen molar-refractivity contribution in [1.29, 1.82) is 0 Å². The Morgan fingerprint density at radius 2 is 1.96 bits per heavy atom. The second kappa shape index (κ2) is 8.53. The fraction of sp³-hybridized carbons (Fsp3) is 0.500. The number of nitrogens with zero attached hydrogens (tertiary/aromatic N) is 3. The molecule has 1 aromatic rings. The van der Waals surface area contributed by atoms with Gasteiger partial charge in [0.05, 0.1) is 10.6 Å². The van der Waals surface area contributed by atoms with Crippen LogP contribution in [0.3, 0.4) is 0 Å². The highest BCUT2D eigenvalue weighted by atomic mass is 35.5. The van der Waals surface area contributed by atoms with Crippen molar-refractivity contribution in [3.05, 3.63) is 28.8 Å². The van der Waals surface area contributed by atoms with Gasteiger partial charge in [-0.1, -0.05) is 11.6 Å². The maximum Gasteiger partial charge on any atom is 0.255 e. The van der Waals surface area contributed by atoms with Crippen LogP contribution in [0, 0.1) is 12.3 Å². The molecule has 7 heteroatoms. The van der Waals surface area contributed by atoms with Crippen molar-refractivity contribution in [2.45, 2.75) is 50.6 Å². The van der Waals surface area contributed by atoms with Crippen molar-refractivity contribution in [2.24, 2.45) is 10.2 Å². The number of carbonyl (C=O) groups is 2. The molecule has 0 aliphatic carbocycles. The second-order valence-electron chi connectivity index (χ2n) is 6.98. The summed E-state index contributed by atoms with van der Waals surface area (Å²) in [5.74, 6) is 2.38. The fourth-order valence-electron chi connectivity index (χ4n) is 3.24. The maximum absolute atomic E-state index is 12.6. The van der Waals surface area contributed by atoms with Crippen LogP contribution in [0.5, 0.6) is 0 Å². The Balaban J connectivity index is 1.53. The van der Waals surface area contributed by atoms with E-state index < -0.39 is 5.66 Å². The highest BCUT2D eigenvalue weighted by Crippen LogP contribution is 2.37. The van der Waals surface area contributed by atoms with Gasteiger partial charge in [-0.3, -0.25) is 9.59 Å². The Labute approximate surface area is 164 Å². The molecule has 2 aliphatic rings. The van der Waals surface area contributed by atoms with Crippen molar-refractivity contribution < 1.29 is 9.59 Å². The average Bonchev–Trinajstić information content (AvgIpc) is 3.45. The Morgan fingerprint density at radius 1 is 1.22 bits per heavy atom. The van der Waals surface area contributed by atoms with E-state index in [1.54, 1.807) is 18.2 Å². The van der Waals surface area contributed by atoms with E-state index in [0.717, 1.165) is 32.4 Å². The molecule has 0 spiro atoms. The fourth-order valence-corrected chi connectivity index (χ4v) is 3.50. The van der Waals surface area contributed by atoms with Gasteiger partial charge in [-0.05, 0) is 37.5 Å². The summed E-state index contributed by atoms with van der Waals surface area (Å²) >= 11 is 6.30. The number of benzene rings is 1. The van der Waals surface area contributed by atoms with Crippen molar-refractivity contribution in [2.75, 3.05) is 18.4 Å². The first-order chi connectivity index (χ1) is 13.0. The molecule has 0 atom stereocenters. The highest BCUT2D eigenvalue weighted by Gasteiger charge is 2.39. The molecular weight excluding hydrogens is 364 g/mol. The average molecular weight is 387 g/mol. The van der Waals surface area contributed by atoms with Crippen LogP contribution in [0.4, 0.5) is 5.69 Å². The third-order valence-corrected chi connectivity index (χ3v) is 5.24. The number of piperidine rings is 1. The molecule has 1 saturated heterocycles. The number of hydrogen-bond donors (Lipinski definition) is 1. The van der Waals surface area contributed by atoms with Crippen LogP contribution in [0.25, 0.3) is 0 Å². The number of carbonyl (C=O) groups excluding carboxylic acids is 2. The highest BCUT2D eigenvalue weighted by molar-refractivity contribution is 6.34. The molecule has 0 bridgehead atoms. The lowest BCUT2D eigenvalue weighted by molar-refractivity contribution is -0.116. The molecule has 6 nitrogen and oxygen atoms in total. The van der Waals surface area contributed by atoms with E-state index in [4.69, 9.17) is 18.0 Å². The van der Waals surface area contributed by atoms with Gasteiger partial charge in [0.25, 0.3) is 5.91 Å². The second-order valence-corrected chi connectivity index (χ2v) is 7.39. The molecule has 2 aliphatic heterocycles. The summed E-state index contributed by atoms with van der Waals surface area (Å²) in [6, 6.07) is 5.01. The molecular formula is C20H23ClN4O2. The van der Waals surface area contributed by atoms with Crippen LogP contribution < -0.4 is 5.32 Å². The van der Waals surface area contributed by atoms with E-state index in [1.807, 2.05) is 4.90 Å². The SMILES string of the molecule is C#CCCC1(CCC(=O)Nc2ccc(C(=O)N3CCCCC3)c(Cl)c2)N=N1. The predicted octanol–water partition coefficient (Wildman–Crippen LogP) is 4.26. The van der Waals surface area contributed by atoms with Gasteiger partial charge in [-0.2, -0.15) is 10.2 Å². The smallest absolute Gasteiger partial charge is 0.255 e. The summed E-state index contributed by atoms with van der Waals surface area (Å²) in [5.41, 5.74) is 0.578. The van der Waals surface area contributed by atoms with E-state index in [1.165, 1.54) is 0 Å². The van der Waals surface area contributed by atoms with Crippen molar-refractivity contribution in [3.8, 4) is 12.3 Å². The van der Waals surface area contributed by atoms with Crippen LogP contribution in [-0.2, 0) is 4.79 Å². The minimum absolute atomic E-state index is 0.0509. The van der Waals surface area contributed by atoms with Gasteiger partial charge in [-0.15, -0.1) is 12.3 Å². The van der Waals surface area contributed by atoms with E-state index in [0.29, 0.717) is 42.0 Å². The molecule has 0 radical (unpaired) electrons. The normalized spacial score (nSPS) is 17.3. The summed E-state index contributed by atoms with van der Waals surface area (Å²) < 4.78 is 0. The summed E-state index contributed by atoms with van der Waals surface area (Å²) in [7, 11) is 0. The molecule has 1 aromatic carbocycles. The van der Waals surface area contributed by atoms with E-state index in [2.05, 4.69) is 21.5 Å². The topological polar surface area (TPSA) is 74.1 Å². The van der Waals surface area contributed by atoms with E-state index >= 15 is 0 Å². The molecule has 2 heterocycles. The predicted molar refractivity (Wildman–Crippen MR) is 105 cm³/mol. The lowest BCUT2D eigenvalue weighted by Crippen LogP contribution is -2.35. The van der Waals surface area contributed by atoms with Crippen LogP contribution in [0.15, 0.2) is 28.4 Å². The number of hydrogen-bond acceptors (Lipinski definition) is 4. The summed E-state index contributed by atoms with van der Waals surface area (Å²) in [6.07, 6.45) is 10.6. The number of anilines is 1. The van der Waals surface area contributed by atoms with Crippen LogP contribution in [0.1, 0.15) is 55.3 Å². The van der Waals surface area contributed by atoms with Crippen molar-refractivity contribution in [3.63, 3.8) is 0 Å². The third-order valence-electron chi connectivity index (χ3n) is 4.93. The zero-order valence-corrected chi connectivity index (χ0v) is 16.0. The molecule has 142 valence electrons. The van der Waals surface area contributed by atoms with Gasteiger partial charge >= 0.3 is 0 Å². The molecule has 3 rings (SSSR count). The lowest BCUT2D eigenvalue weighted by Gasteiger charge is -2.27. The van der Waals surface area contributed by atoms with Gasteiger partial charge in [0, 0.05) is 44.5 Å². The third kappa shape index (κ3) is 5.08. The molecule has 0 saturated carbocycles. The number of likely N-dealkylation sites (tertiary alicyclic amines) is 1. The zero-order valence-electron chi connectivity index (χ0n) is 15.2. The molecule has 0 unspecified atom stereocenters. The number of terminal acetylenes is 1. The molecule has 1 fully saturated rings. The quantitative estimate of drug-likeness (QED) is 0.711. The number of rotatable bonds is 7. The summed E-state index contributed by atoms with van der Waals surface area (Å²) in [4.78, 5) is 26.6. The maximum atomic E-state index is 12.6. The minimum Gasteiger partial charge on any atom is -0.339 e. The first-order valence-electron chi connectivity index (χ1n) is 9.29. The first-order valence-corrected chi connectivity index (χ1v) is 9.67. The standard InChI is InChI=1S/C20H23ClN4O2/c1-2-3-10-20(23-24-20)11-9-18(26)22-15-7-8-16(17(21)14-15)19(27)25-12-5-4-6-13-25/h1,7-8,14H,3-6,9-13H2,(H,22,26). The van der Waals surface area contributed by atoms with Gasteiger partial charge in [0.1, 0.15) is 0 Å². The van der Waals surface area contributed by atoms with E-state index in [9.17, 15) is 9.59 Å². The van der Waals surface area contributed by atoms with Gasteiger partial charge in [-0.25, -0.2) is 0 Å². The monoisotopic (exact) mass is 386 g/mol. The molecule has 27 heavy (non-hydrogen) atoms. The van der Waals surface area contributed by atoms with Crippen molar-refractivity contribution in [1.82, 2.24) is 4.90 Å². The number of nitrogens with one attached hydrogen (secondary N) is 1. The Hall–Kier alpha value is -2.39. The largest absolute Gasteiger partial charge is 0.339 e. The lowest BCUT2D eigenvalue weighted by atomic mass is 10.0. The minimum atomic E-state index is -0.466. The van der Waals surface area contributed by atoms with Gasteiger partial charge in [0.2, 0.25) is 5.91 Å². The summed E-state index contributed by atoms with van der Waals surface area (Å²) in [5, 5.41) is 11.2. The number of amides is 2. The van der Waals surface area contributed by atoms with Crippen molar-refractivity contribution >= 4 is 29.1 Å². The van der Waals surface area contributed by atoms with E-state index in [-0.39, 0.29) is 11.8 Å². The Bertz CT molecular complexity index is 788. The molecule has 2 amide bonds. The van der Waals surface area contributed by atoms with Gasteiger partial charge in [0.15, 0.2) is 5.66 Å².